The number of hydrogen-bond donors (Lipinski definition) is 1. The first kappa shape index (κ1) is 18.9. The summed E-state index contributed by atoms with van der Waals surface area (Å²) in [5, 5.41) is 14.0. The van der Waals surface area contributed by atoms with Crippen LogP contribution in [0.25, 0.3) is 16.6 Å². The highest BCUT2D eigenvalue weighted by atomic mass is 35.5. The van der Waals surface area contributed by atoms with Crippen LogP contribution in [0.5, 0.6) is 5.75 Å². The Morgan fingerprint density at radius 2 is 1.76 bits per heavy atom. The number of pyridine rings is 1. The zero-order chi connectivity index (χ0) is 20.2. The lowest BCUT2D eigenvalue weighted by atomic mass is 10.0. The van der Waals surface area contributed by atoms with Gasteiger partial charge in [0, 0.05) is 12.1 Å². The van der Waals surface area contributed by atoms with Gasteiger partial charge in [0.2, 0.25) is 0 Å². The van der Waals surface area contributed by atoms with Gasteiger partial charge in [-0.3, -0.25) is 4.40 Å². The molecule has 0 aliphatic carbocycles. The number of halogens is 1. The first-order valence-electron chi connectivity index (χ1n) is 9.38. The van der Waals surface area contributed by atoms with Crippen molar-refractivity contribution in [3.05, 3.63) is 89.1 Å². The highest BCUT2D eigenvalue weighted by molar-refractivity contribution is 6.30. The fourth-order valence-electron chi connectivity index (χ4n) is 3.55. The Hall–Kier alpha value is -3.42. The summed E-state index contributed by atoms with van der Waals surface area (Å²) >= 11 is 6.53. The van der Waals surface area contributed by atoms with E-state index in [-0.39, 0.29) is 0 Å². The Morgan fingerprint density at radius 1 is 1.00 bits per heavy atom. The lowest BCUT2D eigenvalue weighted by Gasteiger charge is -2.12. The maximum atomic E-state index is 9.93. The largest absolute Gasteiger partial charge is 0.497 e. The number of nitrogens with one attached hydrogen (secondary N) is 1. The van der Waals surface area contributed by atoms with Crippen LogP contribution in [0.1, 0.15) is 11.1 Å². The average molecular weight is 402 g/mol. The predicted octanol–water partition coefficient (Wildman–Crippen LogP) is 5.79. The van der Waals surface area contributed by atoms with Gasteiger partial charge in [0.15, 0.2) is 0 Å². The van der Waals surface area contributed by atoms with E-state index in [0.717, 1.165) is 41.2 Å². The minimum atomic E-state index is 0.556. The third kappa shape index (κ3) is 3.65. The van der Waals surface area contributed by atoms with Crippen molar-refractivity contribution in [3.63, 3.8) is 0 Å². The normalized spacial score (nSPS) is 10.7. The van der Waals surface area contributed by atoms with Crippen LogP contribution in [0.3, 0.4) is 0 Å². The highest BCUT2D eigenvalue weighted by Gasteiger charge is 2.21. The van der Waals surface area contributed by atoms with Crippen molar-refractivity contribution in [2.24, 2.45) is 0 Å². The monoisotopic (exact) mass is 401 g/mol. The van der Waals surface area contributed by atoms with Gasteiger partial charge in [0.1, 0.15) is 22.8 Å². The van der Waals surface area contributed by atoms with E-state index >= 15 is 0 Å². The van der Waals surface area contributed by atoms with E-state index in [4.69, 9.17) is 16.3 Å². The number of nitrogens with zero attached hydrogens (tertiary/aromatic N) is 2. The van der Waals surface area contributed by atoms with Crippen LogP contribution in [0.2, 0.25) is 5.15 Å². The van der Waals surface area contributed by atoms with E-state index in [1.807, 2.05) is 65.1 Å². The summed E-state index contributed by atoms with van der Waals surface area (Å²) in [6, 6.07) is 26.0. The number of fused-ring (bicyclic) bond motifs is 1. The van der Waals surface area contributed by atoms with Crippen LogP contribution in [0.15, 0.2) is 72.8 Å². The number of aromatic nitrogens is 1. The van der Waals surface area contributed by atoms with Gasteiger partial charge < -0.3 is 10.1 Å². The number of ether oxygens (including phenoxy) is 1. The molecule has 4 nitrogen and oxygen atoms in total. The van der Waals surface area contributed by atoms with Gasteiger partial charge in [-0.2, -0.15) is 5.26 Å². The van der Waals surface area contributed by atoms with Gasteiger partial charge in [0.25, 0.3) is 0 Å². The maximum Gasteiger partial charge on any atom is 0.121 e. The molecule has 4 aromatic rings. The van der Waals surface area contributed by atoms with Crippen LogP contribution in [0.4, 0.5) is 5.82 Å². The molecular formula is C24H20ClN3O. The second-order valence-corrected chi connectivity index (χ2v) is 7.06. The van der Waals surface area contributed by atoms with Gasteiger partial charge in [-0.1, -0.05) is 60.1 Å². The van der Waals surface area contributed by atoms with Crippen LogP contribution in [0, 0.1) is 11.3 Å². The Bertz CT molecular complexity index is 1170. The lowest BCUT2D eigenvalue weighted by molar-refractivity contribution is 0.415. The Balaban J connectivity index is 1.80. The molecule has 0 saturated heterocycles. The first-order valence-corrected chi connectivity index (χ1v) is 9.76. The van der Waals surface area contributed by atoms with Crippen LogP contribution in [-0.4, -0.2) is 18.1 Å². The fourth-order valence-corrected chi connectivity index (χ4v) is 3.80. The second-order valence-electron chi connectivity index (χ2n) is 6.67. The smallest absolute Gasteiger partial charge is 0.121 e. The molecule has 0 unspecified atom stereocenters. The predicted molar refractivity (Wildman–Crippen MR) is 118 cm³/mol. The average Bonchev–Trinajstić information content (AvgIpc) is 3.09. The van der Waals surface area contributed by atoms with Crippen LogP contribution >= 0.6 is 11.6 Å². The van der Waals surface area contributed by atoms with Gasteiger partial charge in [-0.05, 0) is 41.8 Å². The minimum Gasteiger partial charge on any atom is -0.497 e. The SMILES string of the molecule is COc1ccc(-c2c(C#N)c3cccc(Cl)n3c2NCCc2ccccc2)cc1. The van der Waals surface area contributed by atoms with Crippen molar-refractivity contribution in [1.82, 2.24) is 4.40 Å². The first-order chi connectivity index (χ1) is 14.2. The molecule has 0 radical (unpaired) electrons. The molecular weight excluding hydrogens is 382 g/mol. The molecule has 5 heteroatoms. The van der Waals surface area contributed by atoms with Crippen molar-refractivity contribution in [3.8, 4) is 22.9 Å². The molecule has 1 N–H and O–H groups in total. The minimum absolute atomic E-state index is 0.556. The Kier molecular flexibility index (Phi) is 5.41. The van der Waals surface area contributed by atoms with Crippen molar-refractivity contribution >= 4 is 22.9 Å². The molecule has 4 rings (SSSR count). The van der Waals surface area contributed by atoms with Gasteiger partial charge in [0.05, 0.1) is 18.2 Å². The number of nitriles is 1. The van der Waals surface area contributed by atoms with Crippen molar-refractivity contribution in [2.75, 3.05) is 19.0 Å². The van der Waals surface area contributed by atoms with Crippen LogP contribution < -0.4 is 10.1 Å². The summed E-state index contributed by atoms with van der Waals surface area (Å²) in [6.07, 6.45) is 0.864. The molecule has 2 aromatic carbocycles. The summed E-state index contributed by atoms with van der Waals surface area (Å²) < 4.78 is 7.18. The van der Waals surface area contributed by atoms with E-state index in [2.05, 4.69) is 23.5 Å². The quantitative estimate of drug-likeness (QED) is 0.416. The zero-order valence-corrected chi connectivity index (χ0v) is 16.8. The molecule has 0 aliphatic rings. The lowest BCUT2D eigenvalue weighted by Crippen LogP contribution is -2.08. The van der Waals surface area contributed by atoms with Crippen molar-refractivity contribution < 1.29 is 4.74 Å². The molecule has 144 valence electrons. The summed E-state index contributed by atoms with van der Waals surface area (Å²) in [5.74, 6) is 1.59. The number of benzene rings is 2. The van der Waals surface area contributed by atoms with Crippen LogP contribution in [-0.2, 0) is 6.42 Å². The molecule has 29 heavy (non-hydrogen) atoms. The van der Waals surface area contributed by atoms with E-state index in [9.17, 15) is 5.26 Å². The standard InChI is InChI=1S/C24H20ClN3O/c1-29-19-12-10-18(11-13-19)23-20(16-26)21-8-5-9-22(25)28(21)24(23)27-15-14-17-6-3-2-4-7-17/h2-13,27H,14-15H2,1H3. The second kappa shape index (κ2) is 8.30. The molecule has 0 atom stereocenters. The van der Waals surface area contributed by atoms with E-state index in [1.165, 1.54) is 5.56 Å². The summed E-state index contributed by atoms with van der Waals surface area (Å²) in [6.45, 7) is 0.718. The van der Waals surface area contributed by atoms with Gasteiger partial charge in [-0.25, -0.2) is 0 Å². The van der Waals surface area contributed by atoms with Crippen molar-refractivity contribution in [1.29, 1.82) is 5.26 Å². The molecule has 2 heterocycles. The molecule has 0 fully saturated rings. The van der Waals surface area contributed by atoms with E-state index in [0.29, 0.717) is 10.7 Å². The number of methoxy groups -OCH3 is 1. The fraction of sp³-hybridized carbons (Fsp3) is 0.125. The maximum absolute atomic E-state index is 9.93. The number of hydrogen-bond acceptors (Lipinski definition) is 3. The number of anilines is 1. The highest BCUT2D eigenvalue weighted by Crippen LogP contribution is 2.38. The molecule has 2 aromatic heterocycles. The topological polar surface area (TPSA) is 49.5 Å². The van der Waals surface area contributed by atoms with Gasteiger partial charge in [-0.15, -0.1) is 0 Å². The van der Waals surface area contributed by atoms with E-state index in [1.54, 1.807) is 7.11 Å². The van der Waals surface area contributed by atoms with Crippen molar-refractivity contribution in [2.45, 2.75) is 6.42 Å². The third-order valence-electron chi connectivity index (χ3n) is 4.95. The summed E-state index contributed by atoms with van der Waals surface area (Å²) in [5.41, 5.74) is 4.41. The summed E-state index contributed by atoms with van der Waals surface area (Å²) in [4.78, 5) is 0. The Morgan fingerprint density at radius 3 is 2.45 bits per heavy atom. The third-order valence-corrected chi connectivity index (χ3v) is 5.24. The zero-order valence-electron chi connectivity index (χ0n) is 16.0. The molecule has 0 spiro atoms. The van der Waals surface area contributed by atoms with Gasteiger partial charge >= 0.3 is 0 Å². The Labute approximate surface area is 174 Å². The number of rotatable bonds is 6. The summed E-state index contributed by atoms with van der Waals surface area (Å²) in [7, 11) is 1.64. The van der Waals surface area contributed by atoms with E-state index < -0.39 is 0 Å². The molecule has 0 bridgehead atoms. The molecule has 0 amide bonds. The molecule has 0 saturated carbocycles. The molecule has 0 aliphatic heterocycles.